The van der Waals surface area contributed by atoms with Crippen LogP contribution in [0.15, 0.2) is 133 Å². The molecule has 8 rings (SSSR count). The zero-order valence-electron chi connectivity index (χ0n) is 63.6. The van der Waals surface area contributed by atoms with E-state index in [1.165, 1.54) is 11.1 Å². The molecule has 577 valence electrons. The quantitative estimate of drug-likeness (QED) is 0.0271. The van der Waals surface area contributed by atoms with Crippen LogP contribution in [0.1, 0.15) is 138 Å². The Kier molecular flexibility index (Phi) is 40.7. The third kappa shape index (κ3) is 30.6. The Hall–Kier alpha value is -6.14. The first kappa shape index (κ1) is 89.8. The van der Waals surface area contributed by atoms with Crippen molar-refractivity contribution in [3.8, 4) is 11.5 Å². The first-order valence-electron chi connectivity index (χ1n) is 36.7. The molecule has 0 fully saturated rings. The van der Waals surface area contributed by atoms with E-state index in [9.17, 15) is 24.0 Å². The summed E-state index contributed by atoms with van der Waals surface area (Å²) in [6, 6.07) is 42.1. The van der Waals surface area contributed by atoms with E-state index in [0.29, 0.717) is 53.1 Å². The normalized spacial score (nSPS) is 11.3. The summed E-state index contributed by atoms with van der Waals surface area (Å²) in [6.07, 6.45) is 8.30. The van der Waals surface area contributed by atoms with E-state index in [0.717, 1.165) is 218 Å². The molecule has 0 saturated heterocycles. The number of methoxy groups -OCH3 is 2. The maximum atomic E-state index is 13.7. The van der Waals surface area contributed by atoms with Crippen LogP contribution in [0.5, 0.6) is 11.5 Å². The van der Waals surface area contributed by atoms with E-state index in [-0.39, 0.29) is 42.6 Å². The van der Waals surface area contributed by atoms with Gasteiger partial charge in [-0.1, -0.05) is 96.4 Å². The van der Waals surface area contributed by atoms with Crippen LogP contribution < -0.4 is 20.1 Å². The van der Waals surface area contributed by atoms with Crippen molar-refractivity contribution in [1.29, 1.82) is 0 Å². The zero-order chi connectivity index (χ0) is 77.7. The molecule has 8 aromatic rings. The van der Waals surface area contributed by atoms with Gasteiger partial charge in [0.1, 0.15) is 17.1 Å². The van der Waals surface area contributed by atoms with Crippen LogP contribution in [-0.4, -0.2) is 175 Å². The van der Waals surface area contributed by atoms with Gasteiger partial charge in [0.15, 0.2) is 0 Å². The molecule has 3 amide bonds. The number of nitrogens with one attached hydrogen (secondary N) is 2. The minimum absolute atomic E-state index is 0.0259. The fourth-order valence-corrected chi connectivity index (χ4v) is 14.9. The number of fused-ring (bicyclic) bond motifs is 2. The van der Waals surface area contributed by atoms with Crippen molar-refractivity contribution in [3.63, 3.8) is 0 Å². The van der Waals surface area contributed by atoms with Crippen LogP contribution in [0.4, 0.5) is 4.79 Å². The van der Waals surface area contributed by atoms with Crippen molar-refractivity contribution in [3.05, 3.63) is 205 Å². The molecule has 0 spiro atoms. The summed E-state index contributed by atoms with van der Waals surface area (Å²) in [5.74, 6) is 6.29. The molecule has 0 atom stereocenters. The topological polar surface area (TPSA) is 188 Å². The number of rotatable bonds is 42. The Morgan fingerprint density at radius 1 is 0.505 bits per heavy atom. The van der Waals surface area contributed by atoms with Crippen molar-refractivity contribution < 1.29 is 60.5 Å². The molecule has 107 heavy (non-hydrogen) atoms. The number of hydrogen-bond acceptors (Lipinski definition) is 15. The van der Waals surface area contributed by atoms with Crippen LogP contribution in [0, 0.1) is 27.7 Å². The third-order valence-electron chi connectivity index (χ3n) is 18.2. The first-order chi connectivity index (χ1) is 51.6. The van der Waals surface area contributed by atoms with E-state index in [1.54, 1.807) is 83.6 Å². The summed E-state index contributed by atoms with van der Waals surface area (Å²) >= 11 is 26.8. The summed E-state index contributed by atoms with van der Waals surface area (Å²) in [7, 11) is 3.35. The van der Waals surface area contributed by atoms with Gasteiger partial charge in [0, 0.05) is 106 Å². The summed E-state index contributed by atoms with van der Waals surface area (Å²) in [4.78, 5) is 73.6. The van der Waals surface area contributed by atoms with Crippen LogP contribution in [0.3, 0.4) is 0 Å². The number of thioether (sulfide) groups is 2. The maximum absolute atomic E-state index is 13.7. The zero-order valence-corrected chi connectivity index (χ0v) is 70.3. The van der Waals surface area contributed by atoms with E-state index < -0.39 is 5.60 Å². The minimum atomic E-state index is -0.583. The van der Waals surface area contributed by atoms with Crippen molar-refractivity contribution >= 4 is 124 Å². The number of ether oxygens (including phenoxy) is 3. The monoisotopic (exact) mass is 1650 g/mol. The summed E-state index contributed by atoms with van der Waals surface area (Å²) in [5.41, 5.74) is 10.0. The number of hydrogen-bond donors (Lipinski definition) is 2. The molecule has 2 heterocycles. The van der Waals surface area contributed by atoms with Gasteiger partial charge < -0.3 is 70.1 Å². The van der Waals surface area contributed by atoms with Gasteiger partial charge in [0.2, 0.25) is 11.8 Å². The van der Waals surface area contributed by atoms with Crippen LogP contribution in [-0.2, 0) is 86.3 Å². The number of carbonyl (C=O) groups is 5. The van der Waals surface area contributed by atoms with Gasteiger partial charge in [0.25, 0.3) is 11.8 Å². The molecular formula is C83H107Cl2N8O9S4Tc+. The molecule has 0 saturated carbocycles. The number of unbranched alkanes of at least 4 members (excludes halogenated alkanes) is 6. The molecule has 0 aliphatic rings. The SMILES string of the molecule is COc1ccc(CSCCN(CCCCCCNC(=O)Cc2c(C)n(C(=O)c3ccc(Cl)cc3)c3ccc(C)cc23)CCN(CCSCc2ccc(OC)cc2)C(=O)OC(C)(C)C)cc1.Cc1ccc2c(c1)c(CC(=O)NCCCCCCN(CC[S-])CC[N-]CC[S-])c(C)n2C(=O)c1ccc(Cl)cc1.[O]=[Tc+4]. The molecule has 0 unspecified atom stereocenters. The van der Waals surface area contributed by atoms with Crippen molar-refractivity contribution in [2.24, 2.45) is 0 Å². The van der Waals surface area contributed by atoms with Gasteiger partial charge in [-0.25, -0.2) is 4.79 Å². The predicted molar refractivity (Wildman–Crippen MR) is 443 cm³/mol. The van der Waals surface area contributed by atoms with E-state index >= 15 is 0 Å². The molecular weight excluding hydrogens is 1550 g/mol. The van der Waals surface area contributed by atoms with Gasteiger partial charge in [-0.3, -0.25) is 28.3 Å². The number of carbonyl (C=O) groups excluding carboxylic acids is 5. The van der Waals surface area contributed by atoms with E-state index in [4.69, 9.17) is 66.2 Å². The van der Waals surface area contributed by atoms with Crippen LogP contribution in [0.2, 0.25) is 10.0 Å². The average molecular weight is 1660 g/mol. The summed E-state index contributed by atoms with van der Waals surface area (Å²) in [6.45, 7) is 23.1. The fraction of sp³-hybridized carbons (Fsp3) is 0.458. The standard InChI is InChI=1S/C52H67ClN4O6S2.C31H42ClN4O2S2.O.Tc/c1-38-12-25-48-47(34-38)46(39(2)57(48)50(59)42-17-19-43(53)20-18-42)35-49(58)54-26-10-8-9-11-27-55(30-32-64-36-40-13-21-44(61-6)22-14-40)28-29-56(51(60)63-52(3,4)5)31-33-65-37-41-15-23-45(62-7)24-16-41;1-23-7-12-29-28(21-23)27(24(2)36(29)31(38)25-8-10-26(32)11-9-25)22-30(37)34-13-5-3-4-6-16-35(18-20-40)17-14-33-15-19-39;;/h12-25,34H,8-11,26-33,35-37H2,1-7H3,(H,54,58);7-12,21,39-40H,3-6,13-20,22H2,1-2H3,(H,34,37);;/q;-1;;+4/p-2. The molecule has 2 aromatic heterocycles. The molecule has 0 bridgehead atoms. The Balaban J connectivity index is 0.000000365. The van der Waals surface area contributed by atoms with Gasteiger partial charge in [0.05, 0.1) is 38.1 Å². The van der Waals surface area contributed by atoms with Gasteiger partial charge in [-0.2, -0.15) is 41.6 Å². The Morgan fingerprint density at radius 2 is 0.935 bits per heavy atom. The molecule has 0 aliphatic carbocycles. The van der Waals surface area contributed by atoms with Crippen molar-refractivity contribution in [2.75, 3.05) is 116 Å². The summed E-state index contributed by atoms with van der Waals surface area (Å²) in [5, 5.41) is 13.7. The van der Waals surface area contributed by atoms with Crippen LogP contribution in [0.25, 0.3) is 27.1 Å². The first-order valence-corrected chi connectivity index (χ1v) is 41.7. The second-order valence-corrected chi connectivity index (χ2v) is 31.3. The molecule has 6 aromatic carbocycles. The molecule has 24 heteroatoms. The van der Waals surface area contributed by atoms with Gasteiger partial charge in [-0.15, -0.1) is 6.54 Å². The molecule has 2 N–H and O–H groups in total. The van der Waals surface area contributed by atoms with Gasteiger partial charge >= 0.3 is 28.5 Å². The Morgan fingerprint density at radius 3 is 1.36 bits per heavy atom. The van der Waals surface area contributed by atoms with Crippen LogP contribution >= 0.6 is 46.7 Å². The van der Waals surface area contributed by atoms with E-state index in [2.05, 4.69) is 62.1 Å². The average Bonchev–Trinajstić information content (AvgIpc) is 1.62. The fourth-order valence-electron chi connectivity index (χ4n) is 12.4. The molecule has 0 radical (unpaired) electrons. The Labute approximate surface area is 675 Å². The number of amides is 3. The number of halogens is 2. The number of benzene rings is 6. The number of aromatic nitrogens is 2. The van der Waals surface area contributed by atoms with E-state index in [1.807, 2.05) is 114 Å². The molecule has 17 nitrogen and oxygen atoms in total. The second kappa shape index (κ2) is 48.5. The predicted octanol–water partition coefficient (Wildman–Crippen LogP) is 16.7. The number of aryl methyl sites for hydroxylation is 2. The summed E-state index contributed by atoms with van der Waals surface area (Å²) < 4.78 is 28.1. The second-order valence-electron chi connectivity index (χ2n) is 27.4. The number of nitrogens with zero attached hydrogens (tertiary/aromatic N) is 6. The Bertz CT molecular complexity index is 4050. The van der Waals surface area contributed by atoms with Crippen molar-refractivity contribution in [1.82, 2.24) is 34.5 Å². The third-order valence-corrected chi connectivity index (χ3v) is 21.1. The van der Waals surface area contributed by atoms with Crippen molar-refractivity contribution in [2.45, 2.75) is 130 Å². The molecule has 0 aliphatic heterocycles. The van der Waals surface area contributed by atoms with Gasteiger partial charge in [-0.05, 0) is 220 Å².